The van der Waals surface area contributed by atoms with Crippen LogP contribution in [0.5, 0.6) is 0 Å². The van der Waals surface area contributed by atoms with Gasteiger partial charge in [0.1, 0.15) is 5.60 Å². The summed E-state index contributed by atoms with van der Waals surface area (Å²) in [4.78, 5) is 30.0. The number of carbonyl (C=O) groups excluding carboxylic acids is 2. The number of alkyl carbamates (subject to hydrolysis) is 1. The second-order valence-corrected chi connectivity index (χ2v) is 7.20. The molecule has 1 fully saturated rings. The maximum absolute atomic E-state index is 11.9. The van der Waals surface area contributed by atoms with Crippen LogP contribution in [0.15, 0.2) is 4.99 Å². The first-order valence-electron chi connectivity index (χ1n) is 8.76. The molecule has 0 aromatic carbocycles. The van der Waals surface area contributed by atoms with Crippen LogP contribution < -0.4 is 10.6 Å². The third-order valence-electron chi connectivity index (χ3n) is 3.66. The molecule has 2 N–H and O–H groups in total. The fraction of sp³-hybridized carbons (Fsp3) is 0.824. The van der Waals surface area contributed by atoms with Crippen molar-refractivity contribution in [1.82, 2.24) is 15.5 Å². The number of ether oxygens (including phenoxy) is 2. The van der Waals surface area contributed by atoms with E-state index in [9.17, 15) is 9.59 Å². The lowest BCUT2D eigenvalue weighted by molar-refractivity contribution is -0.144. The zero-order chi connectivity index (χ0) is 19.0. The van der Waals surface area contributed by atoms with Gasteiger partial charge in [-0.2, -0.15) is 0 Å². The number of esters is 1. The average molecular weight is 484 g/mol. The molecule has 0 bridgehead atoms. The smallest absolute Gasteiger partial charge is 0.407 e. The van der Waals surface area contributed by atoms with E-state index in [1.807, 2.05) is 27.7 Å². The minimum Gasteiger partial charge on any atom is -0.469 e. The third-order valence-corrected chi connectivity index (χ3v) is 3.66. The van der Waals surface area contributed by atoms with Crippen LogP contribution in [0.25, 0.3) is 0 Å². The van der Waals surface area contributed by atoms with E-state index in [-0.39, 0.29) is 41.9 Å². The number of carbonyl (C=O) groups is 2. The van der Waals surface area contributed by atoms with Gasteiger partial charge in [0.15, 0.2) is 5.96 Å². The van der Waals surface area contributed by atoms with Crippen molar-refractivity contribution in [2.24, 2.45) is 10.9 Å². The van der Waals surface area contributed by atoms with Crippen LogP contribution in [-0.2, 0) is 14.3 Å². The van der Waals surface area contributed by atoms with Gasteiger partial charge in [-0.05, 0) is 34.1 Å². The predicted molar refractivity (Wildman–Crippen MR) is 112 cm³/mol. The second kappa shape index (κ2) is 11.5. The fourth-order valence-corrected chi connectivity index (χ4v) is 2.47. The first-order chi connectivity index (χ1) is 11.7. The van der Waals surface area contributed by atoms with Crippen LogP contribution in [0.2, 0.25) is 0 Å². The number of likely N-dealkylation sites (tertiary alicyclic amines) is 1. The number of nitrogens with one attached hydrogen (secondary N) is 2. The Kier molecular flexibility index (Phi) is 10.9. The molecule has 2 unspecified atom stereocenters. The quantitative estimate of drug-likeness (QED) is 0.269. The fourth-order valence-electron chi connectivity index (χ4n) is 2.47. The highest BCUT2D eigenvalue weighted by Gasteiger charge is 2.28. The van der Waals surface area contributed by atoms with Crippen molar-refractivity contribution in [3.05, 3.63) is 0 Å². The molecule has 0 saturated carbocycles. The molecule has 8 nitrogen and oxygen atoms in total. The number of rotatable bonds is 5. The maximum atomic E-state index is 11.9. The Hall–Kier alpha value is -1.26. The summed E-state index contributed by atoms with van der Waals surface area (Å²) in [5, 5.41) is 6.12. The topological polar surface area (TPSA) is 92.3 Å². The number of hydrogen-bond donors (Lipinski definition) is 2. The van der Waals surface area contributed by atoms with E-state index in [0.29, 0.717) is 13.1 Å². The van der Waals surface area contributed by atoms with Gasteiger partial charge in [0.2, 0.25) is 0 Å². The molecule has 0 radical (unpaired) electrons. The standard InChI is InChI=1S/C17H32N4O4.HI/c1-7-18-15(19-10-12(2)14(22)24-6)21-9-8-13(11-21)20-16(23)25-17(3,4)5;/h12-13H,7-11H2,1-6H3,(H,18,19)(H,20,23);1H. The zero-order valence-corrected chi connectivity index (χ0v) is 19.0. The summed E-state index contributed by atoms with van der Waals surface area (Å²) in [6, 6.07) is 0.0109. The van der Waals surface area contributed by atoms with Crippen molar-refractivity contribution in [3.63, 3.8) is 0 Å². The first kappa shape index (κ1) is 24.7. The Balaban J connectivity index is 0.00000625. The number of aliphatic imine (C=N–C) groups is 1. The van der Waals surface area contributed by atoms with E-state index in [4.69, 9.17) is 9.47 Å². The van der Waals surface area contributed by atoms with E-state index >= 15 is 0 Å². The summed E-state index contributed by atoms with van der Waals surface area (Å²) in [5.74, 6) is 0.175. The van der Waals surface area contributed by atoms with E-state index in [1.54, 1.807) is 6.92 Å². The molecule has 1 rings (SSSR count). The molecule has 1 aliphatic rings. The van der Waals surface area contributed by atoms with Crippen molar-refractivity contribution < 1.29 is 19.1 Å². The van der Waals surface area contributed by atoms with E-state index in [1.165, 1.54) is 7.11 Å². The van der Waals surface area contributed by atoms with Gasteiger partial charge in [-0.3, -0.25) is 9.79 Å². The molecule has 9 heteroatoms. The lowest BCUT2D eigenvalue weighted by Crippen LogP contribution is -2.44. The van der Waals surface area contributed by atoms with Gasteiger partial charge in [0, 0.05) is 19.6 Å². The van der Waals surface area contributed by atoms with Gasteiger partial charge < -0.3 is 25.0 Å². The average Bonchev–Trinajstić information content (AvgIpc) is 2.96. The molecule has 152 valence electrons. The first-order valence-corrected chi connectivity index (χ1v) is 8.76. The molecule has 2 atom stereocenters. The van der Waals surface area contributed by atoms with Gasteiger partial charge in [0.05, 0.1) is 25.6 Å². The van der Waals surface area contributed by atoms with E-state index < -0.39 is 11.7 Å². The number of guanidine groups is 1. The molecular formula is C17H33IN4O4. The zero-order valence-electron chi connectivity index (χ0n) is 16.6. The van der Waals surface area contributed by atoms with Crippen LogP contribution in [0.4, 0.5) is 4.79 Å². The Labute approximate surface area is 173 Å². The second-order valence-electron chi connectivity index (χ2n) is 7.20. The summed E-state index contributed by atoms with van der Waals surface area (Å²) in [7, 11) is 1.38. The van der Waals surface area contributed by atoms with Gasteiger partial charge in [0.25, 0.3) is 0 Å². The number of nitrogens with zero attached hydrogens (tertiary/aromatic N) is 2. The van der Waals surface area contributed by atoms with Gasteiger partial charge in [-0.1, -0.05) is 6.92 Å². The molecule has 1 aliphatic heterocycles. The summed E-state index contributed by atoms with van der Waals surface area (Å²) < 4.78 is 10.0. The largest absolute Gasteiger partial charge is 0.469 e. The van der Waals surface area contributed by atoms with Gasteiger partial charge in [-0.25, -0.2) is 4.79 Å². The molecule has 1 saturated heterocycles. The van der Waals surface area contributed by atoms with Crippen molar-refractivity contribution in [2.75, 3.05) is 33.3 Å². The van der Waals surface area contributed by atoms with Crippen LogP contribution in [0.1, 0.15) is 41.0 Å². The number of methoxy groups -OCH3 is 1. The molecule has 0 aromatic heterocycles. The minimum atomic E-state index is -0.511. The van der Waals surface area contributed by atoms with Crippen molar-refractivity contribution in [3.8, 4) is 0 Å². The van der Waals surface area contributed by atoms with Crippen molar-refractivity contribution in [2.45, 2.75) is 52.7 Å². The molecule has 0 spiro atoms. The number of halogens is 1. The molecule has 0 aromatic rings. The normalized spacial score (nSPS) is 18.6. The summed E-state index contributed by atoms with van der Waals surface area (Å²) >= 11 is 0. The Bertz CT molecular complexity index is 494. The van der Waals surface area contributed by atoms with Crippen LogP contribution in [0.3, 0.4) is 0 Å². The Morgan fingerprint density at radius 1 is 1.35 bits per heavy atom. The highest BCUT2D eigenvalue weighted by Crippen LogP contribution is 2.12. The third kappa shape index (κ3) is 8.91. The summed E-state index contributed by atoms with van der Waals surface area (Å²) in [6.07, 6.45) is 0.413. The lowest BCUT2D eigenvalue weighted by atomic mass is 10.2. The van der Waals surface area contributed by atoms with Crippen LogP contribution >= 0.6 is 24.0 Å². The predicted octanol–water partition coefficient (Wildman–Crippen LogP) is 1.98. The number of hydrogen-bond acceptors (Lipinski definition) is 5. The van der Waals surface area contributed by atoms with Crippen molar-refractivity contribution >= 4 is 42.0 Å². The molecular weight excluding hydrogens is 451 g/mol. The van der Waals surface area contributed by atoms with Crippen LogP contribution in [-0.4, -0.2) is 67.9 Å². The van der Waals surface area contributed by atoms with E-state index in [0.717, 1.165) is 25.5 Å². The van der Waals surface area contributed by atoms with Gasteiger partial charge >= 0.3 is 12.1 Å². The lowest BCUT2D eigenvalue weighted by Gasteiger charge is -2.23. The van der Waals surface area contributed by atoms with Crippen LogP contribution in [0, 0.1) is 5.92 Å². The summed E-state index contributed by atoms with van der Waals surface area (Å²) in [5.41, 5.74) is -0.511. The Morgan fingerprint density at radius 2 is 2.00 bits per heavy atom. The molecule has 1 amide bonds. The molecule has 1 heterocycles. The highest BCUT2D eigenvalue weighted by atomic mass is 127. The Morgan fingerprint density at radius 3 is 2.54 bits per heavy atom. The molecule has 0 aliphatic carbocycles. The molecule has 26 heavy (non-hydrogen) atoms. The van der Waals surface area contributed by atoms with E-state index in [2.05, 4.69) is 20.5 Å². The monoisotopic (exact) mass is 484 g/mol. The van der Waals surface area contributed by atoms with Crippen molar-refractivity contribution in [1.29, 1.82) is 0 Å². The summed E-state index contributed by atoms with van der Waals surface area (Å²) in [6.45, 7) is 11.8. The minimum absolute atomic E-state index is 0. The SMILES string of the molecule is CCNC(=NCC(C)C(=O)OC)N1CCC(NC(=O)OC(C)(C)C)C1.I. The number of amides is 1. The maximum Gasteiger partial charge on any atom is 0.407 e. The highest BCUT2D eigenvalue weighted by molar-refractivity contribution is 14.0. The van der Waals surface area contributed by atoms with Gasteiger partial charge in [-0.15, -0.1) is 24.0 Å².